The van der Waals surface area contributed by atoms with Crippen LogP contribution in [-0.2, 0) is 0 Å². The number of amides is 1. The molecule has 1 unspecified atom stereocenters. The molecule has 2 bridgehead atoms. The normalized spacial score (nSPS) is 28.0. The van der Waals surface area contributed by atoms with Gasteiger partial charge < -0.3 is 14.6 Å². The number of hydrogen-bond donors (Lipinski definition) is 2. The average molecular weight is 303 g/mol. The van der Waals surface area contributed by atoms with Crippen molar-refractivity contribution in [3.63, 3.8) is 0 Å². The highest BCUT2D eigenvalue weighted by Gasteiger charge is 2.33. The second kappa shape index (κ2) is 5.03. The molecule has 4 heterocycles. The van der Waals surface area contributed by atoms with Crippen molar-refractivity contribution in [2.24, 2.45) is 5.92 Å². The van der Waals surface area contributed by atoms with E-state index < -0.39 is 0 Å². The third-order valence-electron chi connectivity index (χ3n) is 4.48. The molecule has 2 aromatic rings. The Kier molecular flexibility index (Phi) is 3.15. The summed E-state index contributed by atoms with van der Waals surface area (Å²) in [7, 11) is 0. The highest BCUT2D eigenvalue weighted by Crippen LogP contribution is 2.27. The summed E-state index contributed by atoms with van der Waals surface area (Å²) in [6.45, 7) is 3.31. The Morgan fingerprint density at radius 1 is 1.48 bits per heavy atom. The average Bonchev–Trinajstić information content (AvgIpc) is 3.02. The molecular formula is C15H17N3O2S. The second-order valence-electron chi connectivity index (χ2n) is 6.01. The third-order valence-corrected chi connectivity index (χ3v) is 4.82. The lowest BCUT2D eigenvalue weighted by Gasteiger charge is -2.30. The number of furan rings is 1. The van der Waals surface area contributed by atoms with Crippen LogP contribution in [0.5, 0.6) is 0 Å². The zero-order valence-corrected chi connectivity index (χ0v) is 12.5. The molecule has 6 heteroatoms. The summed E-state index contributed by atoms with van der Waals surface area (Å²) < 4.78 is 5.29. The minimum Gasteiger partial charge on any atom is -0.462 e. The van der Waals surface area contributed by atoms with Crippen molar-refractivity contribution >= 4 is 29.5 Å². The van der Waals surface area contributed by atoms with Crippen LogP contribution in [0.2, 0.25) is 0 Å². The van der Waals surface area contributed by atoms with Gasteiger partial charge in [0.1, 0.15) is 12.0 Å². The lowest BCUT2D eigenvalue weighted by Crippen LogP contribution is -2.47. The van der Waals surface area contributed by atoms with Gasteiger partial charge in [0.2, 0.25) is 0 Å². The molecule has 3 atom stereocenters. The molecule has 0 aliphatic carbocycles. The molecule has 2 saturated heterocycles. The van der Waals surface area contributed by atoms with Crippen LogP contribution in [0.25, 0.3) is 11.0 Å². The number of rotatable bonds is 2. The maximum atomic E-state index is 12.4. The van der Waals surface area contributed by atoms with E-state index in [0.717, 1.165) is 29.2 Å². The number of piperidine rings is 1. The Morgan fingerprint density at radius 2 is 2.38 bits per heavy atom. The van der Waals surface area contributed by atoms with E-state index in [-0.39, 0.29) is 11.9 Å². The number of nitrogens with one attached hydrogen (secondary N) is 1. The van der Waals surface area contributed by atoms with Crippen LogP contribution >= 0.6 is 12.6 Å². The quantitative estimate of drug-likeness (QED) is 0.833. The van der Waals surface area contributed by atoms with Gasteiger partial charge in [0.25, 0.3) is 5.91 Å². The first-order valence-electron chi connectivity index (χ1n) is 7.28. The van der Waals surface area contributed by atoms with E-state index in [2.05, 4.69) is 27.8 Å². The molecule has 0 radical (unpaired) electrons. The van der Waals surface area contributed by atoms with Crippen molar-refractivity contribution in [3.05, 3.63) is 24.2 Å². The Labute approximate surface area is 128 Å². The molecule has 1 N–H and O–H groups in total. The number of carbonyl (C=O) groups excluding carboxylic acids is 1. The van der Waals surface area contributed by atoms with E-state index in [1.165, 1.54) is 19.5 Å². The Hall–Kier alpha value is -1.53. The van der Waals surface area contributed by atoms with Gasteiger partial charge in [-0.2, -0.15) is 0 Å². The summed E-state index contributed by atoms with van der Waals surface area (Å²) in [5.41, 5.74) is 1.07. The largest absolute Gasteiger partial charge is 0.462 e. The van der Waals surface area contributed by atoms with E-state index >= 15 is 0 Å². The Bertz CT molecular complexity index is 687. The fourth-order valence-electron chi connectivity index (χ4n) is 3.47. The zero-order chi connectivity index (χ0) is 14.4. The maximum Gasteiger partial charge on any atom is 0.270 e. The van der Waals surface area contributed by atoms with Gasteiger partial charge in [0.05, 0.1) is 11.1 Å². The number of thiol groups is 1. The van der Waals surface area contributed by atoms with Crippen molar-refractivity contribution in [2.75, 3.05) is 19.6 Å². The third kappa shape index (κ3) is 2.42. The maximum absolute atomic E-state index is 12.4. The minimum atomic E-state index is -0.113. The Morgan fingerprint density at radius 3 is 3.24 bits per heavy atom. The fraction of sp³-hybridized carbons (Fsp3) is 0.467. The van der Waals surface area contributed by atoms with Gasteiger partial charge in [-0.15, -0.1) is 12.6 Å². The molecule has 0 saturated carbocycles. The van der Waals surface area contributed by atoms with Crippen LogP contribution in [0.3, 0.4) is 0 Å². The standard InChI is InChI=1S/C15H17N3O2S/c19-15(17-10-3-9-1-2-18(6-9)7-10)12-4-11-13(5-16-12)20-8-14(11)21/h4-5,8-10,21H,1-3,6-7H2,(H,17,19)/t9-,10-/m1/s1. The molecule has 4 rings (SSSR count). The van der Waals surface area contributed by atoms with Gasteiger partial charge in [-0.25, -0.2) is 4.98 Å². The lowest BCUT2D eigenvalue weighted by molar-refractivity contribution is 0.0904. The highest BCUT2D eigenvalue weighted by molar-refractivity contribution is 7.80. The van der Waals surface area contributed by atoms with Crippen molar-refractivity contribution in [3.8, 4) is 0 Å². The van der Waals surface area contributed by atoms with E-state index in [0.29, 0.717) is 11.3 Å². The van der Waals surface area contributed by atoms with Crippen molar-refractivity contribution < 1.29 is 9.21 Å². The van der Waals surface area contributed by atoms with Gasteiger partial charge in [-0.3, -0.25) is 4.79 Å². The predicted octanol–water partition coefficient (Wildman–Crippen LogP) is 1.94. The first-order valence-corrected chi connectivity index (χ1v) is 7.73. The van der Waals surface area contributed by atoms with Crippen LogP contribution in [0.4, 0.5) is 0 Å². The van der Waals surface area contributed by atoms with E-state index in [9.17, 15) is 4.79 Å². The summed E-state index contributed by atoms with van der Waals surface area (Å²) >= 11 is 4.32. The monoisotopic (exact) mass is 303 g/mol. The first-order chi connectivity index (χ1) is 10.2. The summed E-state index contributed by atoms with van der Waals surface area (Å²) in [5.74, 6) is 0.621. The van der Waals surface area contributed by atoms with E-state index in [1.807, 2.05) is 0 Å². The topological polar surface area (TPSA) is 58.4 Å². The minimum absolute atomic E-state index is 0.113. The number of nitrogens with zero attached hydrogens (tertiary/aromatic N) is 2. The molecule has 2 aliphatic heterocycles. The zero-order valence-electron chi connectivity index (χ0n) is 11.6. The molecular weight excluding hydrogens is 286 g/mol. The number of fused-ring (bicyclic) bond motifs is 3. The number of aromatic nitrogens is 1. The van der Waals surface area contributed by atoms with Gasteiger partial charge in [-0.05, 0) is 31.4 Å². The fourth-order valence-corrected chi connectivity index (χ4v) is 3.69. The molecule has 2 aromatic heterocycles. The smallest absolute Gasteiger partial charge is 0.270 e. The predicted molar refractivity (Wildman–Crippen MR) is 81.7 cm³/mol. The van der Waals surface area contributed by atoms with Crippen molar-refractivity contribution in [1.29, 1.82) is 0 Å². The van der Waals surface area contributed by atoms with Gasteiger partial charge in [0, 0.05) is 24.5 Å². The summed E-state index contributed by atoms with van der Waals surface area (Å²) in [5, 5.41) is 3.94. The number of carbonyl (C=O) groups is 1. The van der Waals surface area contributed by atoms with Crippen LogP contribution < -0.4 is 5.32 Å². The molecule has 5 nitrogen and oxygen atoms in total. The van der Waals surface area contributed by atoms with Crippen LogP contribution in [0.1, 0.15) is 23.3 Å². The number of hydrogen-bond acceptors (Lipinski definition) is 5. The van der Waals surface area contributed by atoms with Crippen LogP contribution in [-0.4, -0.2) is 41.5 Å². The summed E-state index contributed by atoms with van der Waals surface area (Å²) in [6.07, 6.45) is 5.48. The summed E-state index contributed by atoms with van der Waals surface area (Å²) in [4.78, 5) is 19.7. The molecule has 2 fully saturated rings. The SMILES string of the molecule is O=C(N[C@@H]1C[C@H]2CCN(C2)C1)c1cc2c(S)coc2cn1. The van der Waals surface area contributed by atoms with Gasteiger partial charge >= 0.3 is 0 Å². The second-order valence-corrected chi connectivity index (χ2v) is 6.49. The van der Waals surface area contributed by atoms with Gasteiger partial charge in [0.15, 0.2) is 5.58 Å². The van der Waals surface area contributed by atoms with Crippen molar-refractivity contribution in [2.45, 2.75) is 23.8 Å². The summed E-state index contributed by atoms with van der Waals surface area (Å²) in [6, 6.07) is 1.98. The molecule has 0 spiro atoms. The van der Waals surface area contributed by atoms with E-state index in [1.54, 1.807) is 18.5 Å². The highest BCUT2D eigenvalue weighted by atomic mass is 32.1. The molecule has 21 heavy (non-hydrogen) atoms. The molecule has 1 amide bonds. The van der Waals surface area contributed by atoms with Gasteiger partial charge in [-0.1, -0.05) is 0 Å². The van der Waals surface area contributed by atoms with Crippen molar-refractivity contribution in [1.82, 2.24) is 15.2 Å². The van der Waals surface area contributed by atoms with E-state index in [4.69, 9.17) is 4.42 Å². The Balaban J connectivity index is 1.52. The molecule has 0 aromatic carbocycles. The molecule has 110 valence electrons. The number of pyridine rings is 1. The lowest BCUT2D eigenvalue weighted by atomic mass is 9.97. The van der Waals surface area contributed by atoms with Crippen LogP contribution in [0.15, 0.2) is 27.8 Å². The first kappa shape index (κ1) is 13.2. The molecule has 2 aliphatic rings. The van der Waals surface area contributed by atoms with Crippen LogP contribution in [0, 0.1) is 5.92 Å².